The normalized spacial score (nSPS) is 32.2. The van der Waals surface area contributed by atoms with E-state index in [4.69, 9.17) is 5.73 Å². The van der Waals surface area contributed by atoms with E-state index in [0.717, 1.165) is 37.8 Å². The fourth-order valence-corrected chi connectivity index (χ4v) is 5.93. The lowest BCUT2D eigenvalue weighted by atomic mass is 9.52. The van der Waals surface area contributed by atoms with Crippen molar-refractivity contribution in [3.8, 4) is 5.75 Å². The van der Waals surface area contributed by atoms with Crippen molar-refractivity contribution in [1.29, 1.82) is 0 Å². The molecular weight excluding hydrogens is 368 g/mol. The maximum atomic E-state index is 12.0. The summed E-state index contributed by atoms with van der Waals surface area (Å²) in [5.74, 6) is 1.71. The third-order valence-electron chi connectivity index (χ3n) is 6.87. The number of hydrogen-bond acceptors (Lipinski definition) is 6. The maximum Gasteiger partial charge on any atom is 0.252 e. The van der Waals surface area contributed by atoms with Crippen molar-refractivity contribution < 1.29 is 15.0 Å². The van der Waals surface area contributed by atoms with Gasteiger partial charge in [-0.05, 0) is 74.1 Å². The van der Waals surface area contributed by atoms with Crippen LogP contribution in [0.1, 0.15) is 42.5 Å². The van der Waals surface area contributed by atoms with Crippen molar-refractivity contribution in [2.75, 3.05) is 10.6 Å². The molecule has 1 aromatic heterocycles. The molecule has 1 aromatic carbocycles. The first-order chi connectivity index (χ1) is 13.9. The number of phenolic OH excluding ortho intramolecular Hbond substituents is 1. The molecule has 0 saturated heterocycles. The molecule has 1 amide bonds. The summed E-state index contributed by atoms with van der Waals surface area (Å²) in [5, 5.41) is 27.0. The predicted molar refractivity (Wildman–Crippen MR) is 110 cm³/mol. The predicted octanol–water partition coefficient (Wildman–Crippen LogP) is 2.98. The molecule has 0 spiro atoms. The minimum absolute atomic E-state index is 0.193. The lowest BCUT2D eigenvalue weighted by Gasteiger charge is -2.58. The van der Waals surface area contributed by atoms with Gasteiger partial charge in [-0.25, -0.2) is 4.98 Å². The van der Waals surface area contributed by atoms with Crippen LogP contribution in [-0.2, 0) is 0 Å². The van der Waals surface area contributed by atoms with E-state index in [0.29, 0.717) is 34.8 Å². The van der Waals surface area contributed by atoms with Crippen LogP contribution in [0.25, 0.3) is 0 Å². The monoisotopic (exact) mass is 394 g/mol. The number of amides is 1. The number of nitrogens with zero attached hydrogens (tertiary/aromatic N) is 1. The number of carbonyl (C=O) groups excluding carboxylic acids is 1. The molecule has 4 fully saturated rings. The van der Waals surface area contributed by atoms with Gasteiger partial charge in [0.05, 0.1) is 16.9 Å². The molecular formula is C22H26N4O3. The average Bonchev–Trinajstić information content (AvgIpc) is 2.65. The van der Waals surface area contributed by atoms with Gasteiger partial charge in [-0.2, -0.15) is 0 Å². The highest BCUT2D eigenvalue weighted by atomic mass is 16.3. The van der Waals surface area contributed by atoms with E-state index < -0.39 is 11.5 Å². The number of pyridine rings is 1. The van der Waals surface area contributed by atoms with Gasteiger partial charge in [-0.1, -0.05) is 0 Å². The van der Waals surface area contributed by atoms with Crippen molar-refractivity contribution >= 4 is 23.1 Å². The van der Waals surface area contributed by atoms with Crippen LogP contribution in [0.2, 0.25) is 0 Å². The number of rotatable bonds is 5. The molecule has 7 heteroatoms. The number of phenols is 1. The molecule has 0 aliphatic heterocycles. The molecule has 4 bridgehead atoms. The van der Waals surface area contributed by atoms with Crippen molar-refractivity contribution in [1.82, 2.24) is 4.98 Å². The minimum Gasteiger partial charge on any atom is -0.508 e. The number of nitrogens with two attached hydrogens (primary N) is 1. The second kappa shape index (κ2) is 6.62. The zero-order valence-corrected chi connectivity index (χ0v) is 16.1. The van der Waals surface area contributed by atoms with Crippen LogP contribution in [0, 0.1) is 17.8 Å². The Hall–Kier alpha value is -2.80. The largest absolute Gasteiger partial charge is 0.508 e. The van der Waals surface area contributed by atoms with E-state index in [2.05, 4.69) is 15.6 Å². The van der Waals surface area contributed by atoms with Gasteiger partial charge in [0.1, 0.15) is 11.6 Å². The van der Waals surface area contributed by atoms with Crippen LogP contribution in [0.15, 0.2) is 36.5 Å². The lowest BCUT2D eigenvalue weighted by molar-refractivity contribution is -0.129. The van der Waals surface area contributed by atoms with E-state index >= 15 is 0 Å². The maximum absolute atomic E-state index is 12.0. The van der Waals surface area contributed by atoms with E-state index in [1.807, 2.05) is 6.07 Å². The van der Waals surface area contributed by atoms with Crippen LogP contribution >= 0.6 is 0 Å². The molecule has 2 atom stereocenters. The summed E-state index contributed by atoms with van der Waals surface area (Å²) in [7, 11) is 0. The molecule has 4 aliphatic rings. The number of aromatic hydroxyl groups is 1. The van der Waals surface area contributed by atoms with Crippen molar-refractivity contribution in [3.05, 3.63) is 42.1 Å². The van der Waals surface area contributed by atoms with Gasteiger partial charge in [0.15, 0.2) is 0 Å². The van der Waals surface area contributed by atoms with Crippen LogP contribution in [0.4, 0.5) is 17.2 Å². The van der Waals surface area contributed by atoms with Crippen molar-refractivity contribution in [2.24, 2.45) is 23.5 Å². The number of aromatic nitrogens is 1. The van der Waals surface area contributed by atoms with Gasteiger partial charge >= 0.3 is 0 Å². The molecule has 2 aromatic rings. The van der Waals surface area contributed by atoms with Gasteiger partial charge in [0.25, 0.3) is 5.91 Å². The number of primary amides is 1. The number of carbonyl (C=O) groups is 1. The highest BCUT2D eigenvalue weighted by Crippen LogP contribution is 2.56. The lowest BCUT2D eigenvalue weighted by Crippen LogP contribution is -2.59. The molecule has 7 nitrogen and oxygen atoms in total. The molecule has 29 heavy (non-hydrogen) atoms. The topological polar surface area (TPSA) is 121 Å². The quantitative estimate of drug-likeness (QED) is 0.497. The zero-order chi connectivity index (χ0) is 20.2. The van der Waals surface area contributed by atoms with Crippen LogP contribution in [0.3, 0.4) is 0 Å². The number of anilines is 3. The van der Waals surface area contributed by atoms with E-state index in [9.17, 15) is 15.0 Å². The second-order valence-corrected chi connectivity index (χ2v) is 9.02. The molecule has 4 aliphatic carbocycles. The Labute approximate surface area is 169 Å². The SMILES string of the molecule is NC(=O)c1cnc(Nc2ccc(O)cc2)cc1NC1C2CC3CC1CC(O)(C3)C2. The fraction of sp³-hybridized carbons (Fsp3) is 0.455. The van der Waals surface area contributed by atoms with E-state index in [1.165, 1.54) is 6.20 Å². The number of hydrogen-bond donors (Lipinski definition) is 5. The minimum atomic E-state index is -0.515. The Kier molecular flexibility index (Phi) is 4.17. The van der Waals surface area contributed by atoms with Gasteiger partial charge in [-0.3, -0.25) is 4.79 Å². The van der Waals surface area contributed by atoms with Crippen molar-refractivity contribution in [3.63, 3.8) is 0 Å². The Morgan fingerprint density at radius 3 is 2.45 bits per heavy atom. The smallest absolute Gasteiger partial charge is 0.252 e. The number of aliphatic hydroxyl groups is 1. The summed E-state index contributed by atoms with van der Waals surface area (Å²) >= 11 is 0. The fourth-order valence-electron chi connectivity index (χ4n) is 5.93. The summed E-state index contributed by atoms with van der Waals surface area (Å²) in [5.41, 5.74) is 6.93. The van der Waals surface area contributed by atoms with Gasteiger partial charge in [-0.15, -0.1) is 0 Å². The Morgan fingerprint density at radius 1 is 1.14 bits per heavy atom. The standard InChI is InChI=1S/C22H26N4O3/c23-21(28)17-11-24-19(25-15-1-3-16(27)4-2-15)7-18(17)26-20-13-5-12-6-14(20)10-22(29,8-12)9-13/h1-4,7,11-14,20,27,29H,5-6,8-10H2,(H2,23,28)(H2,24,25,26). The summed E-state index contributed by atoms with van der Waals surface area (Å²) in [6.07, 6.45) is 6.35. The number of benzene rings is 1. The van der Waals surface area contributed by atoms with Gasteiger partial charge in [0.2, 0.25) is 0 Å². The Balaban J connectivity index is 1.41. The first-order valence-electron chi connectivity index (χ1n) is 10.2. The van der Waals surface area contributed by atoms with Crippen LogP contribution in [0.5, 0.6) is 5.75 Å². The van der Waals surface area contributed by atoms with Crippen LogP contribution in [-0.4, -0.2) is 32.7 Å². The Morgan fingerprint density at radius 2 is 1.83 bits per heavy atom. The van der Waals surface area contributed by atoms with Gasteiger partial charge in [0, 0.05) is 24.0 Å². The molecule has 1 heterocycles. The summed E-state index contributed by atoms with van der Waals surface area (Å²) < 4.78 is 0. The third kappa shape index (κ3) is 3.40. The second-order valence-electron chi connectivity index (χ2n) is 9.02. The highest BCUT2D eigenvalue weighted by molar-refractivity contribution is 5.98. The first kappa shape index (κ1) is 18.2. The van der Waals surface area contributed by atoms with Crippen molar-refractivity contribution in [2.45, 2.75) is 43.7 Å². The average molecular weight is 394 g/mol. The summed E-state index contributed by atoms with van der Waals surface area (Å²) in [4.78, 5) is 16.3. The third-order valence-corrected chi connectivity index (χ3v) is 6.87. The molecule has 4 saturated carbocycles. The highest BCUT2D eigenvalue weighted by Gasteiger charge is 2.54. The van der Waals surface area contributed by atoms with Crippen LogP contribution < -0.4 is 16.4 Å². The summed E-state index contributed by atoms with van der Waals surface area (Å²) in [6, 6.07) is 8.74. The molecule has 6 rings (SSSR count). The molecule has 6 N–H and O–H groups in total. The number of nitrogens with one attached hydrogen (secondary N) is 2. The van der Waals surface area contributed by atoms with Gasteiger partial charge < -0.3 is 26.6 Å². The zero-order valence-electron chi connectivity index (χ0n) is 16.1. The molecule has 0 radical (unpaired) electrons. The van der Waals surface area contributed by atoms with E-state index in [-0.39, 0.29) is 11.8 Å². The molecule has 2 unspecified atom stereocenters. The summed E-state index contributed by atoms with van der Waals surface area (Å²) in [6.45, 7) is 0. The van der Waals surface area contributed by atoms with E-state index in [1.54, 1.807) is 24.3 Å². The molecule has 152 valence electrons. The Bertz CT molecular complexity index is 930. The first-order valence-corrected chi connectivity index (χ1v) is 10.2.